The highest BCUT2D eigenvalue weighted by molar-refractivity contribution is 9.10. The fourth-order valence-electron chi connectivity index (χ4n) is 1.53. The normalized spacial score (nSPS) is 10.7. The van der Waals surface area contributed by atoms with E-state index in [2.05, 4.69) is 20.9 Å². The van der Waals surface area contributed by atoms with Gasteiger partial charge in [-0.05, 0) is 34.1 Å². The van der Waals surface area contributed by atoms with Crippen LogP contribution in [0.15, 0.2) is 27.1 Å². The number of aromatic nitrogens is 1. The summed E-state index contributed by atoms with van der Waals surface area (Å²) in [5.41, 5.74) is 0.646. The molecule has 0 unspecified atom stereocenters. The van der Waals surface area contributed by atoms with Crippen molar-refractivity contribution in [3.8, 4) is 11.5 Å². The molecule has 100 valence electrons. The number of nitrogens with zero attached hydrogens (tertiary/aromatic N) is 1. The first kappa shape index (κ1) is 13.7. The van der Waals surface area contributed by atoms with Crippen LogP contribution in [0.4, 0.5) is 4.39 Å². The van der Waals surface area contributed by atoms with Crippen LogP contribution in [0.3, 0.4) is 0 Å². The van der Waals surface area contributed by atoms with Gasteiger partial charge in [-0.15, -0.1) is 0 Å². The third kappa shape index (κ3) is 2.82. The molecule has 19 heavy (non-hydrogen) atoms. The summed E-state index contributed by atoms with van der Waals surface area (Å²) in [4.78, 5) is 15.1. The lowest BCUT2D eigenvalue weighted by atomic mass is 10.2. The van der Waals surface area contributed by atoms with Crippen LogP contribution < -0.4 is 0 Å². The molecule has 0 radical (unpaired) electrons. The van der Waals surface area contributed by atoms with Gasteiger partial charge in [-0.25, -0.2) is 14.2 Å². The number of hydrogen-bond acceptors (Lipinski definition) is 4. The quantitative estimate of drug-likeness (QED) is 0.933. The van der Waals surface area contributed by atoms with Gasteiger partial charge in [0.05, 0.1) is 12.2 Å². The highest BCUT2D eigenvalue weighted by Gasteiger charge is 2.21. The van der Waals surface area contributed by atoms with E-state index in [1.54, 1.807) is 0 Å². The number of carbonyl (C=O) groups is 1. The van der Waals surface area contributed by atoms with Gasteiger partial charge < -0.3 is 14.3 Å². The third-order valence-electron chi connectivity index (χ3n) is 2.33. The lowest BCUT2D eigenvalue weighted by Gasteiger charge is -1.99. The predicted molar refractivity (Wildman–Crippen MR) is 67.3 cm³/mol. The number of rotatable bonds is 4. The fraction of sp³-hybridized carbons (Fsp3) is 0.167. The summed E-state index contributed by atoms with van der Waals surface area (Å²) in [7, 11) is 1.42. The summed E-state index contributed by atoms with van der Waals surface area (Å²) in [5.74, 6) is -1.84. The lowest BCUT2D eigenvalue weighted by molar-refractivity contribution is 0.0656. The molecule has 0 fully saturated rings. The molecule has 0 aliphatic heterocycles. The second-order valence-corrected chi connectivity index (χ2v) is 4.51. The van der Waals surface area contributed by atoms with E-state index in [0.29, 0.717) is 10.0 Å². The maximum Gasteiger partial charge on any atom is 0.373 e. The van der Waals surface area contributed by atoms with Gasteiger partial charge in [0.1, 0.15) is 11.5 Å². The summed E-state index contributed by atoms with van der Waals surface area (Å²) in [6.07, 6.45) is 0. The van der Waals surface area contributed by atoms with Gasteiger partial charge in [-0.2, -0.15) is 0 Å². The van der Waals surface area contributed by atoms with Crippen molar-refractivity contribution in [1.29, 1.82) is 0 Å². The Morgan fingerprint density at radius 1 is 1.58 bits per heavy atom. The van der Waals surface area contributed by atoms with Gasteiger partial charge in [0.2, 0.25) is 11.7 Å². The maximum atomic E-state index is 13.0. The predicted octanol–water partition coefficient (Wildman–Crippen LogP) is 3.09. The zero-order valence-corrected chi connectivity index (χ0v) is 11.4. The Bertz CT molecular complexity index is 626. The molecule has 5 nitrogen and oxygen atoms in total. The van der Waals surface area contributed by atoms with Gasteiger partial charge >= 0.3 is 5.97 Å². The number of benzene rings is 1. The minimum atomic E-state index is -1.23. The van der Waals surface area contributed by atoms with Gasteiger partial charge in [0.15, 0.2) is 0 Å². The molecule has 0 spiro atoms. The minimum absolute atomic E-state index is 0.0178. The molecule has 1 N–H and O–H groups in total. The average Bonchev–Trinajstić information content (AvgIpc) is 2.73. The van der Waals surface area contributed by atoms with Gasteiger partial charge in [0.25, 0.3) is 0 Å². The van der Waals surface area contributed by atoms with Crippen molar-refractivity contribution in [2.75, 3.05) is 7.11 Å². The number of carboxylic acids is 1. The molecule has 1 aromatic carbocycles. The Balaban J connectivity index is 2.50. The van der Waals surface area contributed by atoms with E-state index in [-0.39, 0.29) is 24.0 Å². The highest BCUT2D eigenvalue weighted by atomic mass is 79.9. The van der Waals surface area contributed by atoms with Crippen LogP contribution in [0, 0.1) is 5.82 Å². The average molecular weight is 330 g/mol. The van der Waals surface area contributed by atoms with Crippen molar-refractivity contribution >= 4 is 21.9 Å². The SMILES string of the molecule is COCc1nc(-c2ccc(F)cc2Br)oc1C(=O)O. The zero-order chi connectivity index (χ0) is 14.0. The van der Waals surface area contributed by atoms with Crippen LogP contribution in [-0.4, -0.2) is 23.2 Å². The van der Waals surface area contributed by atoms with E-state index < -0.39 is 11.8 Å². The summed E-state index contributed by atoms with van der Waals surface area (Å²) < 4.78 is 23.5. The highest BCUT2D eigenvalue weighted by Crippen LogP contribution is 2.30. The Hall–Kier alpha value is -1.73. The molecule has 0 bridgehead atoms. The largest absolute Gasteiger partial charge is 0.475 e. The summed E-state index contributed by atoms with van der Waals surface area (Å²) in [5, 5.41) is 9.00. The molecular weight excluding hydrogens is 321 g/mol. The number of halogens is 2. The first-order chi connectivity index (χ1) is 9.02. The molecule has 1 aromatic heterocycles. The smallest absolute Gasteiger partial charge is 0.373 e. The topological polar surface area (TPSA) is 72.6 Å². The molecule has 0 saturated heterocycles. The van der Waals surface area contributed by atoms with Gasteiger partial charge in [-0.3, -0.25) is 0 Å². The van der Waals surface area contributed by atoms with E-state index in [1.165, 1.54) is 25.3 Å². The number of hydrogen-bond donors (Lipinski definition) is 1. The van der Waals surface area contributed by atoms with Crippen molar-refractivity contribution < 1.29 is 23.4 Å². The van der Waals surface area contributed by atoms with Gasteiger partial charge in [0, 0.05) is 11.6 Å². The lowest BCUT2D eigenvalue weighted by Crippen LogP contribution is -2.00. The van der Waals surface area contributed by atoms with Crippen molar-refractivity contribution in [2.45, 2.75) is 6.61 Å². The van der Waals surface area contributed by atoms with E-state index >= 15 is 0 Å². The Kier molecular flexibility index (Phi) is 3.96. The molecule has 0 aliphatic rings. The molecule has 2 rings (SSSR count). The van der Waals surface area contributed by atoms with Crippen LogP contribution in [0.25, 0.3) is 11.5 Å². The monoisotopic (exact) mass is 329 g/mol. The molecule has 0 atom stereocenters. The van der Waals surface area contributed by atoms with Gasteiger partial charge in [-0.1, -0.05) is 0 Å². The molecule has 1 heterocycles. The standard InChI is InChI=1S/C12H9BrFNO4/c1-18-5-9-10(12(16)17)19-11(15-9)7-3-2-6(14)4-8(7)13/h2-4H,5H2,1H3,(H,16,17). The zero-order valence-electron chi connectivity index (χ0n) is 9.81. The van der Waals surface area contributed by atoms with Crippen LogP contribution >= 0.6 is 15.9 Å². The number of methoxy groups -OCH3 is 1. The number of ether oxygens (including phenoxy) is 1. The van der Waals surface area contributed by atoms with Crippen molar-refractivity contribution in [3.05, 3.63) is 39.9 Å². The molecule has 7 heteroatoms. The van der Waals surface area contributed by atoms with Crippen molar-refractivity contribution in [3.63, 3.8) is 0 Å². The van der Waals surface area contributed by atoms with Crippen molar-refractivity contribution in [1.82, 2.24) is 4.98 Å². The molecule has 2 aromatic rings. The maximum absolute atomic E-state index is 13.0. The number of oxazole rings is 1. The van der Waals surface area contributed by atoms with E-state index in [4.69, 9.17) is 14.3 Å². The van der Waals surface area contributed by atoms with Crippen LogP contribution in [-0.2, 0) is 11.3 Å². The number of carboxylic acid groups (broad SMARTS) is 1. The molecule has 0 aliphatic carbocycles. The molecule has 0 amide bonds. The molecular formula is C12H9BrFNO4. The van der Waals surface area contributed by atoms with Crippen molar-refractivity contribution in [2.24, 2.45) is 0 Å². The Labute approximate surface area is 116 Å². The van der Waals surface area contributed by atoms with Crippen LogP contribution in [0.1, 0.15) is 16.2 Å². The summed E-state index contributed by atoms with van der Waals surface area (Å²) >= 11 is 3.17. The first-order valence-electron chi connectivity index (χ1n) is 5.20. The number of aromatic carboxylic acids is 1. The first-order valence-corrected chi connectivity index (χ1v) is 5.99. The minimum Gasteiger partial charge on any atom is -0.475 e. The second-order valence-electron chi connectivity index (χ2n) is 3.66. The van der Waals surface area contributed by atoms with Crippen LogP contribution in [0.5, 0.6) is 0 Å². The third-order valence-corrected chi connectivity index (χ3v) is 2.99. The fourth-order valence-corrected chi connectivity index (χ4v) is 2.05. The van der Waals surface area contributed by atoms with E-state index in [0.717, 1.165) is 0 Å². The van der Waals surface area contributed by atoms with E-state index in [1.807, 2.05) is 0 Å². The Morgan fingerprint density at radius 3 is 2.89 bits per heavy atom. The van der Waals surface area contributed by atoms with Crippen LogP contribution in [0.2, 0.25) is 0 Å². The molecule has 0 saturated carbocycles. The van der Waals surface area contributed by atoms with E-state index in [9.17, 15) is 9.18 Å². The summed E-state index contributed by atoms with van der Waals surface area (Å²) in [6, 6.07) is 3.93. The summed E-state index contributed by atoms with van der Waals surface area (Å²) in [6.45, 7) is 0.0178. The second kappa shape index (κ2) is 5.50. The Morgan fingerprint density at radius 2 is 2.32 bits per heavy atom.